The van der Waals surface area contributed by atoms with E-state index >= 15 is 0 Å². The molecule has 3 heteroatoms. The van der Waals surface area contributed by atoms with Crippen LogP contribution in [0.5, 0.6) is 5.75 Å². The van der Waals surface area contributed by atoms with Crippen molar-refractivity contribution in [1.29, 1.82) is 0 Å². The van der Waals surface area contributed by atoms with Crippen LogP contribution in [0, 0.1) is 0 Å². The van der Waals surface area contributed by atoms with Crippen LogP contribution in [0.25, 0.3) is 0 Å². The van der Waals surface area contributed by atoms with E-state index in [-0.39, 0.29) is 0 Å². The zero-order valence-electron chi connectivity index (χ0n) is 10.6. The van der Waals surface area contributed by atoms with E-state index in [1.54, 1.807) is 13.2 Å². The van der Waals surface area contributed by atoms with Crippen molar-refractivity contribution in [3.63, 3.8) is 0 Å². The van der Waals surface area contributed by atoms with Crippen LogP contribution in [0.4, 0.5) is 0 Å². The van der Waals surface area contributed by atoms with Gasteiger partial charge in [0.05, 0.1) is 7.11 Å². The lowest BCUT2D eigenvalue weighted by Gasteiger charge is -2.08. The summed E-state index contributed by atoms with van der Waals surface area (Å²) >= 11 is 1.90. The van der Waals surface area contributed by atoms with E-state index in [4.69, 9.17) is 4.74 Å². The van der Waals surface area contributed by atoms with Gasteiger partial charge in [0.15, 0.2) is 0 Å². The minimum Gasteiger partial charge on any atom is -0.496 e. The molecule has 0 spiro atoms. The van der Waals surface area contributed by atoms with Crippen LogP contribution in [0.1, 0.15) is 42.1 Å². The predicted molar refractivity (Wildman–Crippen MR) is 74.1 cm³/mol. The average molecular weight is 252 g/mol. The maximum atomic E-state index is 10.7. The van der Waals surface area contributed by atoms with Crippen LogP contribution in [0.2, 0.25) is 0 Å². The fourth-order valence-corrected chi connectivity index (χ4v) is 2.62. The number of benzene rings is 1. The summed E-state index contributed by atoms with van der Waals surface area (Å²) in [6, 6.07) is 5.57. The van der Waals surface area contributed by atoms with E-state index in [0.29, 0.717) is 0 Å². The van der Waals surface area contributed by atoms with Gasteiger partial charge in [-0.05, 0) is 30.4 Å². The largest absolute Gasteiger partial charge is 0.496 e. The summed E-state index contributed by atoms with van der Waals surface area (Å²) in [6.07, 6.45) is 4.69. The number of ether oxygens (including phenoxy) is 1. The lowest BCUT2D eigenvalue weighted by atomic mass is 10.1. The molecule has 0 N–H and O–H groups in total. The minimum absolute atomic E-state index is 0.718. The van der Waals surface area contributed by atoms with Crippen molar-refractivity contribution < 1.29 is 9.53 Å². The number of thioether (sulfide) groups is 1. The Morgan fingerprint density at radius 1 is 1.35 bits per heavy atom. The molecule has 0 radical (unpaired) electrons. The molecular weight excluding hydrogens is 232 g/mol. The lowest BCUT2D eigenvalue weighted by molar-refractivity contribution is 0.112. The summed E-state index contributed by atoms with van der Waals surface area (Å²) in [5.74, 6) is 2.95. The molecule has 0 saturated carbocycles. The molecule has 0 unspecified atom stereocenters. The zero-order chi connectivity index (χ0) is 12.5. The second-order valence-electron chi connectivity index (χ2n) is 3.95. The van der Waals surface area contributed by atoms with E-state index in [2.05, 4.69) is 6.92 Å². The fraction of sp³-hybridized carbons (Fsp3) is 0.500. The maximum Gasteiger partial charge on any atom is 0.150 e. The van der Waals surface area contributed by atoms with Gasteiger partial charge in [-0.1, -0.05) is 19.8 Å². The number of hydrogen-bond acceptors (Lipinski definition) is 3. The van der Waals surface area contributed by atoms with Gasteiger partial charge in [-0.25, -0.2) is 0 Å². The molecule has 0 aliphatic heterocycles. The molecule has 0 saturated heterocycles. The second kappa shape index (κ2) is 8.18. The molecule has 0 aliphatic rings. The van der Waals surface area contributed by atoms with Crippen molar-refractivity contribution in [2.45, 2.75) is 31.9 Å². The van der Waals surface area contributed by atoms with Crippen LogP contribution in [0.3, 0.4) is 0 Å². The molecular formula is C14H20O2S. The Bertz CT molecular complexity index is 350. The van der Waals surface area contributed by atoms with Crippen molar-refractivity contribution in [2.24, 2.45) is 0 Å². The third kappa shape index (κ3) is 4.82. The Kier molecular flexibility index (Phi) is 6.78. The van der Waals surface area contributed by atoms with Crippen molar-refractivity contribution in [1.82, 2.24) is 0 Å². The molecule has 1 rings (SSSR count). The molecule has 94 valence electrons. The van der Waals surface area contributed by atoms with Gasteiger partial charge in [-0.2, -0.15) is 11.8 Å². The van der Waals surface area contributed by atoms with Crippen molar-refractivity contribution in [2.75, 3.05) is 12.9 Å². The van der Waals surface area contributed by atoms with Gasteiger partial charge in [0, 0.05) is 16.9 Å². The van der Waals surface area contributed by atoms with Crippen LogP contribution < -0.4 is 4.74 Å². The summed E-state index contributed by atoms with van der Waals surface area (Å²) in [6.45, 7) is 2.21. The highest BCUT2D eigenvalue weighted by molar-refractivity contribution is 7.98. The first-order chi connectivity index (χ1) is 8.31. The summed E-state index contributed by atoms with van der Waals surface area (Å²) in [5.41, 5.74) is 1.83. The summed E-state index contributed by atoms with van der Waals surface area (Å²) in [5, 5.41) is 0. The zero-order valence-corrected chi connectivity index (χ0v) is 11.4. The first-order valence-corrected chi connectivity index (χ1v) is 7.17. The molecule has 17 heavy (non-hydrogen) atoms. The summed E-state index contributed by atoms with van der Waals surface area (Å²) < 4.78 is 5.29. The first kappa shape index (κ1) is 14.1. The Morgan fingerprint density at radius 2 is 2.18 bits per heavy atom. The quantitative estimate of drug-likeness (QED) is 0.518. The summed E-state index contributed by atoms with van der Waals surface area (Å²) in [7, 11) is 1.67. The first-order valence-electron chi connectivity index (χ1n) is 6.01. The third-order valence-corrected chi connectivity index (χ3v) is 3.68. The molecule has 0 aromatic heterocycles. The van der Waals surface area contributed by atoms with Gasteiger partial charge in [0.25, 0.3) is 0 Å². The molecule has 0 bridgehead atoms. The number of carbonyl (C=O) groups excluding carboxylic acids is 1. The molecule has 0 amide bonds. The maximum absolute atomic E-state index is 10.7. The van der Waals surface area contributed by atoms with Gasteiger partial charge in [0.2, 0.25) is 0 Å². The van der Waals surface area contributed by atoms with Gasteiger partial charge < -0.3 is 4.74 Å². The van der Waals surface area contributed by atoms with E-state index in [1.807, 2.05) is 23.9 Å². The van der Waals surface area contributed by atoms with Gasteiger partial charge in [-0.3, -0.25) is 4.79 Å². The minimum atomic E-state index is 0.718. The SMILES string of the molecule is CCCCCSCc1cc(C=O)ccc1OC. The Hall–Kier alpha value is -0.960. The molecule has 1 aromatic rings. The Morgan fingerprint density at radius 3 is 2.82 bits per heavy atom. The van der Waals surface area contributed by atoms with E-state index < -0.39 is 0 Å². The highest BCUT2D eigenvalue weighted by atomic mass is 32.2. The Labute approximate surface area is 108 Å². The van der Waals surface area contributed by atoms with Gasteiger partial charge >= 0.3 is 0 Å². The van der Waals surface area contributed by atoms with E-state index in [9.17, 15) is 4.79 Å². The monoisotopic (exact) mass is 252 g/mol. The fourth-order valence-electron chi connectivity index (χ4n) is 1.62. The van der Waals surface area contributed by atoms with Crippen molar-refractivity contribution in [3.8, 4) is 5.75 Å². The van der Waals surface area contributed by atoms with Crippen LogP contribution in [0.15, 0.2) is 18.2 Å². The highest BCUT2D eigenvalue weighted by Gasteiger charge is 2.04. The van der Waals surface area contributed by atoms with Crippen LogP contribution >= 0.6 is 11.8 Å². The molecule has 1 aromatic carbocycles. The highest BCUT2D eigenvalue weighted by Crippen LogP contribution is 2.24. The van der Waals surface area contributed by atoms with Gasteiger partial charge in [-0.15, -0.1) is 0 Å². The number of unbranched alkanes of at least 4 members (excludes halogenated alkanes) is 2. The number of carbonyl (C=O) groups is 1. The average Bonchev–Trinajstić information content (AvgIpc) is 2.38. The number of rotatable bonds is 8. The smallest absolute Gasteiger partial charge is 0.150 e. The number of hydrogen-bond donors (Lipinski definition) is 0. The van der Waals surface area contributed by atoms with Gasteiger partial charge in [0.1, 0.15) is 12.0 Å². The molecule has 0 heterocycles. The van der Waals surface area contributed by atoms with E-state index in [0.717, 1.165) is 28.9 Å². The number of methoxy groups -OCH3 is 1. The standard InChI is InChI=1S/C14H20O2S/c1-3-4-5-8-17-11-13-9-12(10-15)6-7-14(13)16-2/h6-7,9-10H,3-5,8,11H2,1-2H3. The lowest BCUT2D eigenvalue weighted by Crippen LogP contribution is -1.93. The van der Waals surface area contributed by atoms with Crippen molar-refractivity contribution in [3.05, 3.63) is 29.3 Å². The third-order valence-electron chi connectivity index (χ3n) is 2.59. The van der Waals surface area contributed by atoms with Crippen molar-refractivity contribution >= 4 is 18.0 Å². The van der Waals surface area contributed by atoms with E-state index in [1.165, 1.54) is 25.0 Å². The molecule has 0 fully saturated rings. The molecule has 0 atom stereocenters. The normalized spacial score (nSPS) is 10.2. The second-order valence-corrected chi connectivity index (χ2v) is 5.05. The van der Waals surface area contributed by atoms with Crippen LogP contribution in [-0.2, 0) is 5.75 Å². The summed E-state index contributed by atoms with van der Waals surface area (Å²) in [4.78, 5) is 10.7. The predicted octanol–water partition coefficient (Wildman–Crippen LogP) is 3.93. The Balaban J connectivity index is 2.52. The topological polar surface area (TPSA) is 26.3 Å². The van der Waals surface area contributed by atoms with Crippen LogP contribution in [-0.4, -0.2) is 19.1 Å². The molecule has 2 nitrogen and oxygen atoms in total. The molecule has 0 aliphatic carbocycles. The number of aldehydes is 1.